The standard InChI is InChI=1S/C30H27F2N3O6/c31-20-11-21-26(34-30(33-21)41-23-14-40-27-22(37)13-39-28(23)27)25(32)24(20)17-5-1-15(2-6-17)16-3-7-18(8-4-16)29(38)35-10-9-19(36)12-35/h1-8,11,19,22-23,27-28,36-37H,9-10,12-14H2,(H,33,34)/t19-,22+,23+,27?,28?/m1/s1. The van der Waals surface area contributed by atoms with Crippen molar-refractivity contribution >= 4 is 16.9 Å². The monoisotopic (exact) mass is 563 g/mol. The number of aromatic nitrogens is 2. The number of rotatable bonds is 5. The zero-order valence-electron chi connectivity index (χ0n) is 21.8. The molecule has 41 heavy (non-hydrogen) atoms. The second-order valence-electron chi connectivity index (χ2n) is 10.7. The predicted molar refractivity (Wildman–Crippen MR) is 143 cm³/mol. The van der Waals surface area contributed by atoms with Gasteiger partial charge in [0.05, 0.1) is 30.4 Å². The number of hydrogen-bond donors (Lipinski definition) is 3. The first-order valence-corrected chi connectivity index (χ1v) is 13.5. The number of hydrogen-bond acceptors (Lipinski definition) is 7. The smallest absolute Gasteiger partial charge is 0.295 e. The number of nitrogens with zero attached hydrogens (tertiary/aromatic N) is 2. The van der Waals surface area contributed by atoms with Gasteiger partial charge in [0, 0.05) is 24.7 Å². The summed E-state index contributed by atoms with van der Waals surface area (Å²) in [4.78, 5) is 21.3. The highest BCUT2D eigenvalue weighted by atomic mass is 19.1. The van der Waals surface area contributed by atoms with Crippen molar-refractivity contribution in [3.8, 4) is 28.3 Å². The third-order valence-corrected chi connectivity index (χ3v) is 7.98. The highest BCUT2D eigenvalue weighted by molar-refractivity contribution is 5.95. The van der Waals surface area contributed by atoms with Gasteiger partial charge in [-0.1, -0.05) is 36.4 Å². The van der Waals surface area contributed by atoms with E-state index in [0.717, 1.165) is 11.1 Å². The van der Waals surface area contributed by atoms with E-state index in [2.05, 4.69) is 9.97 Å². The van der Waals surface area contributed by atoms with Crippen LogP contribution in [0.4, 0.5) is 8.78 Å². The number of carbonyl (C=O) groups excluding carboxylic acids is 1. The Morgan fingerprint density at radius 1 is 0.976 bits per heavy atom. The number of fused-ring (bicyclic) bond motifs is 2. The van der Waals surface area contributed by atoms with E-state index in [0.29, 0.717) is 30.6 Å². The normalized spacial score (nSPS) is 25.7. The third kappa shape index (κ3) is 4.64. The SMILES string of the molecule is O=C(c1ccc(-c2ccc(-c3c(F)cc4[nH]c(O[C@H]5COC6C5OC[C@@H]6O)nc4c3F)cc2)cc1)N1CC[C@@H](O)C1. The summed E-state index contributed by atoms with van der Waals surface area (Å²) in [5, 5.41) is 19.6. The summed E-state index contributed by atoms with van der Waals surface area (Å²) in [6.45, 7) is 1.20. The fourth-order valence-electron chi connectivity index (χ4n) is 5.81. The number of nitrogens with one attached hydrogen (secondary N) is 1. The summed E-state index contributed by atoms with van der Waals surface area (Å²) in [5.41, 5.74) is 2.42. The molecule has 3 aliphatic rings. The molecule has 3 aromatic carbocycles. The molecule has 3 saturated heterocycles. The van der Waals surface area contributed by atoms with Gasteiger partial charge < -0.3 is 34.3 Å². The van der Waals surface area contributed by atoms with Crippen LogP contribution in [0.15, 0.2) is 54.6 Å². The van der Waals surface area contributed by atoms with Gasteiger partial charge in [-0.05, 0) is 35.2 Å². The van der Waals surface area contributed by atoms with Crippen LogP contribution in [0.1, 0.15) is 16.8 Å². The van der Waals surface area contributed by atoms with Crippen molar-refractivity contribution in [1.82, 2.24) is 14.9 Å². The van der Waals surface area contributed by atoms with Crippen LogP contribution in [-0.2, 0) is 9.47 Å². The Hall–Kier alpha value is -3.90. The number of aliphatic hydroxyl groups excluding tert-OH is 2. The molecule has 0 radical (unpaired) electrons. The first-order valence-electron chi connectivity index (χ1n) is 13.5. The number of carbonyl (C=O) groups is 1. The number of imidazole rings is 1. The van der Waals surface area contributed by atoms with Crippen LogP contribution in [0.3, 0.4) is 0 Å². The molecule has 0 spiro atoms. The maximum absolute atomic E-state index is 15.6. The van der Waals surface area contributed by atoms with E-state index >= 15 is 8.78 Å². The van der Waals surface area contributed by atoms with Gasteiger partial charge in [-0.3, -0.25) is 4.79 Å². The number of halogens is 2. The van der Waals surface area contributed by atoms with E-state index in [-0.39, 0.29) is 41.7 Å². The lowest BCUT2D eigenvalue weighted by Crippen LogP contribution is -2.34. The number of amides is 1. The van der Waals surface area contributed by atoms with Crippen LogP contribution < -0.4 is 4.74 Å². The van der Waals surface area contributed by atoms with Crippen LogP contribution in [0, 0.1) is 11.6 Å². The van der Waals surface area contributed by atoms with Crippen LogP contribution in [0.5, 0.6) is 6.01 Å². The van der Waals surface area contributed by atoms with Crippen LogP contribution in [0.25, 0.3) is 33.3 Å². The average Bonchev–Trinajstić information content (AvgIpc) is 3.76. The molecule has 3 N–H and O–H groups in total. The molecule has 4 heterocycles. The Labute approximate surface area is 233 Å². The molecule has 9 nitrogen and oxygen atoms in total. The molecule has 212 valence electrons. The van der Waals surface area contributed by atoms with Crippen molar-refractivity contribution in [2.45, 2.75) is 36.9 Å². The summed E-state index contributed by atoms with van der Waals surface area (Å²) < 4.78 is 47.7. The Morgan fingerprint density at radius 2 is 1.66 bits per heavy atom. The van der Waals surface area contributed by atoms with Crippen LogP contribution in [0.2, 0.25) is 0 Å². The number of likely N-dealkylation sites (tertiary alicyclic amines) is 1. The van der Waals surface area contributed by atoms with Crippen molar-refractivity contribution in [3.63, 3.8) is 0 Å². The second-order valence-corrected chi connectivity index (χ2v) is 10.7. The summed E-state index contributed by atoms with van der Waals surface area (Å²) >= 11 is 0. The lowest BCUT2D eigenvalue weighted by molar-refractivity contribution is 0.00706. The van der Waals surface area contributed by atoms with Gasteiger partial charge in [0.1, 0.15) is 29.6 Å². The van der Waals surface area contributed by atoms with E-state index < -0.39 is 42.2 Å². The molecule has 7 rings (SSSR count). The van der Waals surface area contributed by atoms with E-state index in [9.17, 15) is 15.0 Å². The van der Waals surface area contributed by atoms with Gasteiger partial charge >= 0.3 is 0 Å². The molecule has 2 unspecified atom stereocenters. The summed E-state index contributed by atoms with van der Waals surface area (Å²) in [6, 6.07) is 15.1. The second kappa shape index (κ2) is 10.2. The van der Waals surface area contributed by atoms with E-state index in [1.807, 2.05) is 12.1 Å². The number of ether oxygens (including phenoxy) is 3. The fourth-order valence-corrected chi connectivity index (χ4v) is 5.81. The summed E-state index contributed by atoms with van der Waals surface area (Å²) in [6.07, 6.45) is -2.13. The fraction of sp³-hybridized carbons (Fsp3) is 0.333. The van der Waals surface area contributed by atoms with Crippen LogP contribution in [-0.4, -0.2) is 87.8 Å². The minimum atomic E-state index is -0.818. The van der Waals surface area contributed by atoms with Crippen LogP contribution >= 0.6 is 0 Å². The first-order chi connectivity index (χ1) is 19.9. The summed E-state index contributed by atoms with van der Waals surface area (Å²) in [5.74, 6) is -1.69. The highest BCUT2D eigenvalue weighted by Gasteiger charge is 2.48. The quantitative estimate of drug-likeness (QED) is 0.341. The van der Waals surface area contributed by atoms with Gasteiger partial charge in [-0.15, -0.1) is 0 Å². The van der Waals surface area contributed by atoms with Gasteiger partial charge in [0.2, 0.25) is 0 Å². The van der Waals surface area contributed by atoms with Gasteiger partial charge in [-0.25, -0.2) is 8.78 Å². The number of H-pyrrole nitrogens is 1. The number of β-amino-alcohol motifs (C(OH)–C–C–N with tert-alkyl or cyclic N) is 1. The Kier molecular flexibility index (Phi) is 6.46. The van der Waals surface area contributed by atoms with Crippen molar-refractivity contribution in [1.29, 1.82) is 0 Å². The number of aliphatic hydroxyl groups is 2. The lowest BCUT2D eigenvalue weighted by atomic mass is 9.98. The first kappa shape index (κ1) is 26.0. The molecular weight excluding hydrogens is 536 g/mol. The molecule has 0 aliphatic carbocycles. The minimum Gasteiger partial charge on any atom is -0.456 e. The molecule has 5 atom stereocenters. The maximum atomic E-state index is 15.6. The number of benzene rings is 3. The largest absolute Gasteiger partial charge is 0.456 e. The third-order valence-electron chi connectivity index (χ3n) is 7.98. The maximum Gasteiger partial charge on any atom is 0.295 e. The van der Waals surface area contributed by atoms with E-state index in [1.54, 1.807) is 41.3 Å². The predicted octanol–water partition coefficient (Wildman–Crippen LogP) is 3.29. The van der Waals surface area contributed by atoms with Gasteiger partial charge in [-0.2, -0.15) is 4.98 Å². The zero-order chi connectivity index (χ0) is 28.2. The van der Waals surface area contributed by atoms with Gasteiger partial charge in [0.15, 0.2) is 11.9 Å². The van der Waals surface area contributed by atoms with Crippen molar-refractivity contribution < 1.29 is 38.0 Å². The molecule has 4 aromatic rings. The molecular formula is C30H27F2N3O6. The van der Waals surface area contributed by atoms with E-state index in [4.69, 9.17) is 14.2 Å². The van der Waals surface area contributed by atoms with E-state index in [1.165, 1.54) is 6.07 Å². The molecule has 1 aromatic heterocycles. The zero-order valence-corrected chi connectivity index (χ0v) is 21.8. The van der Waals surface area contributed by atoms with Crippen molar-refractivity contribution in [2.75, 3.05) is 26.3 Å². The molecule has 3 aliphatic heterocycles. The van der Waals surface area contributed by atoms with Crippen molar-refractivity contribution in [3.05, 3.63) is 71.8 Å². The Morgan fingerprint density at radius 3 is 2.37 bits per heavy atom. The molecule has 11 heteroatoms. The molecule has 0 bridgehead atoms. The average molecular weight is 564 g/mol. The lowest BCUT2D eigenvalue weighted by Gasteiger charge is -2.15. The molecule has 1 amide bonds. The van der Waals surface area contributed by atoms with Gasteiger partial charge in [0.25, 0.3) is 11.9 Å². The molecule has 0 saturated carbocycles. The Bertz CT molecular complexity index is 1610. The highest BCUT2D eigenvalue weighted by Crippen LogP contribution is 2.35. The Balaban J connectivity index is 1.10. The minimum absolute atomic E-state index is 0.00729. The number of aromatic amines is 1. The van der Waals surface area contributed by atoms with Crippen molar-refractivity contribution in [2.24, 2.45) is 0 Å². The summed E-state index contributed by atoms with van der Waals surface area (Å²) in [7, 11) is 0. The topological polar surface area (TPSA) is 117 Å². The molecule has 3 fully saturated rings.